The lowest BCUT2D eigenvalue weighted by Crippen LogP contribution is -2.50. The van der Waals surface area contributed by atoms with Crippen molar-refractivity contribution in [2.24, 2.45) is 5.92 Å². The topological polar surface area (TPSA) is 109 Å². The van der Waals surface area contributed by atoms with Crippen LogP contribution in [-0.4, -0.2) is 69.1 Å². The Hall–Kier alpha value is -3.59. The second-order valence-electron chi connectivity index (χ2n) is 11.3. The van der Waals surface area contributed by atoms with Crippen LogP contribution in [0.2, 0.25) is 0 Å². The van der Waals surface area contributed by atoms with E-state index in [0.29, 0.717) is 25.3 Å². The summed E-state index contributed by atoms with van der Waals surface area (Å²) in [5, 5.41) is 9.03. The average Bonchev–Trinajstić information content (AvgIpc) is 3.04. The molecule has 1 aliphatic carbocycles. The van der Waals surface area contributed by atoms with Crippen molar-refractivity contribution in [2.75, 3.05) is 40.4 Å². The summed E-state index contributed by atoms with van der Waals surface area (Å²) in [6.07, 6.45) is 7.12. The number of amides is 3. The highest BCUT2D eigenvalue weighted by Gasteiger charge is 2.31. The van der Waals surface area contributed by atoms with Gasteiger partial charge >= 0.3 is 0 Å². The quantitative estimate of drug-likeness (QED) is 0.332. The zero-order valence-corrected chi connectivity index (χ0v) is 25.2. The molecule has 2 aliphatic rings. The van der Waals surface area contributed by atoms with E-state index >= 15 is 0 Å². The third kappa shape index (κ3) is 8.25. The molecule has 3 amide bonds. The van der Waals surface area contributed by atoms with Crippen molar-refractivity contribution in [1.29, 1.82) is 0 Å². The number of nitrogens with zero attached hydrogens (tertiary/aromatic N) is 1. The van der Waals surface area contributed by atoms with Crippen molar-refractivity contribution in [2.45, 2.75) is 70.4 Å². The zero-order valence-electron chi connectivity index (χ0n) is 25.2. The summed E-state index contributed by atoms with van der Waals surface area (Å²) in [4.78, 5) is 41.0. The molecule has 234 valence electrons. The van der Waals surface area contributed by atoms with E-state index in [1.54, 1.807) is 20.2 Å². The molecule has 2 fully saturated rings. The Morgan fingerprint density at radius 1 is 1.05 bits per heavy atom. The predicted octanol–water partition coefficient (Wildman–Crippen LogP) is 4.75. The number of hydrogen-bond donors (Lipinski definition) is 3. The number of methoxy groups -OCH3 is 1. The summed E-state index contributed by atoms with van der Waals surface area (Å²) >= 11 is 0. The molecule has 0 radical (unpaired) electrons. The van der Waals surface area contributed by atoms with Gasteiger partial charge in [-0.05, 0) is 62.3 Å². The molecule has 42 heavy (non-hydrogen) atoms. The molecule has 2 aromatic carbocycles. The smallest absolute Gasteiger partial charge is 0.251 e. The maximum atomic E-state index is 13.3. The molecular weight excluding hydrogens is 532 g/mol. The number of piperidine rings is 1. The second-order valence-corrected chi connectivity index (χ2v) is 11.3. The van der Waals surface area contributed by atoms with Gasteiger partial charge in [-0.2, -0.15) is 0 Å². The van der Waals surface area contributed by atoms with Crippen LogP contribution in [0.5, 0.6) is 11.5 Å². The molecule has 2 aromatic rings. The molecule has 1 saturated carbocycles. The molecule has 9 nitrogen and oxygen atoms in total. The number of likely N-dealkylation sites (tertiary alicyclic amines) is 1. The maximum absolute atomic E-state index is 13.3. The van der Waals surface area contributed by atoms with Gasteiger partial charge in [0.05, 0.1) is 20.3 Å². The number of nitrogens with one attached hydrogen (secondary N) is 3. The van der Waals surface area contributed by atoms with Crippen LogP contribution < -0.4 is 25.4 Å². The highest BCUT2D eigenvalue weighted by atomic mass is 16.5. The molecule has 0 bridgehead atoms. The fourth-order valence-electron chi connectivity index (χ4n) is 6.17. The first-order chi connectivity index (χ1) is 20.4. The largest absolute Gasteiger partial charge is 0.497 e. The lowest BCUT2D eigenvalue weighted by Gasteiger charge is -2.33. The van der Waals surface area contributed by atoms with Crippen molar-refractivity contribution in [1.82, 2.24) is 20.9 Å². The number of rotatable bonds is 12. The summed E-state index contributed by atoms with van der Waals surface area (Å²) in [6, 6.07) is 12.8. The first-order valence-electron chi connectivity index (χ1n) is 15.3. The predicted molar refractivity (Wildman–Crippen MR) is 169 cm³/mol. The van der Waals surface area contributed by atoms with Gasteiger partial charge in [-0.3, -0.25) is 14.4 Å². The number of hydrogen-bond acceptors (Lipinski definition) is 6. The molecule has 9 heteroatoms. The second kappa shape index (κ2) is 15.6. The van der Waals surface area contributed by atoms with E-state index in [1.807, 2.05) is 48.2 Å². The van der Waals surface area contributed by atoms with Crippen molar-refractivity contribution in [3.63, 3.8) is 0 Å². The highest BCUT2D eigenvalue weighted by molar-refractivity contribution is 5.97. The minimum Gasteiger partial charge on any atom is -0.497 e. The number of benzene rings is 2. The number of likely N-dealkylation sites (N-methyl/N-ethyl adjacent to an activating group) is 1. The Kier molecular flexibility index (Phi) is 11.6. The van der Waals surface area contributed by atoms with Crippen LogP contribution in [0.4, 0.5) is 0 Å². The molecular formula is C33H52N4O5. The molecule has 0 unspecified atom stereocenters. The van der Waals surface area contributed by atoms with Gasteiger partial charge in [0.1, 0.15) is 17.5 Å². The van der Waals surface area contributed by atoms with Gasteiger partial charge in [-0.25, -0.2) is 0 Å². The summed E-state index contributed by atoms with van der Waals surface area (Å²) in [7, 11) is 3.24. The Bertz CT molecular complexity index is 1230. The number of carbonyl (C=O) groups is 3. The van der Waals surface area contributed by atoms with Crippen LogP contribution in [-0.2, 0) is 16.1 Å². The molecule has 4 rings (SSSR count). The summed E-state index contributed by atoms with van der Waals surface area (Å²) < 4.78 is 11.1. The van der Waals surface area contributed by atoms with Gasteiger partial charge in [0, 0.05) is 54.1 Å². The Morgan fingerprint density at radius 2 is 1.86 bits per heavy atom. The van der Waals surface area contributed by atoms with E-state index in [-0.39, 0.29) is 40.4 Å². The highest BCUT2D eigenvalue weighted by Crippen LogP contribution is 2.29. The molecule has 0 spiro atoms. The minimum atomic E-state index is -0.524. The van der Waals surface area contributed by atoms with Crippen molar-refractivity contribution in [3.8, 4) is 11.5 Å². The average molecular weight is 585 g/mol. The molecule has 2 atom stereocenters. The van der Waals surface area contributed by atoms with Crippen LogP contribution >= 0.6 is 0 Å². The summed E-state index contributed by atoms with van der Waals surface area (Å²) in [5.41, 5.74) is 2.56. The van der Waals surface area contributed by atoms with Crippen molar-refractivity contribution < 1.29 is 28.1 Å². The van der Waals surface area contributed by atoms with Crippen molar-refractivity contribution >= 4 is 17.7 Å². The fourth-order valence-corrected chi connectivity index (χ4v) is 6.17. The number of ether oxygens (including phenoxy) is 2. The van der Waals surface area contributed by atoms with Gasteiger partial charge in [0.2, 0.25) is 11.8 Å². The summed E-state index contributed by atoms with van der Waals surface area (Å²) in [5.74, 6) is 1.48. The standard InChI is InChI=1S/C33H46N4O5.3H2/c1-4-42-29-19-28(41-3)16-15-26(29)20-35-21-30(38)37-17-9-14-27(22-37)24-12-8-13-25(18-24)32(39)36-31(33(40)34-2)23-10-6-5-7-11-23;;;/h8,12-13,15-16,18-19,23,27,31,35H,4-7,9-11,14,17,20-22H2,1-3H3,(H,34,40)(H,36,39);3*1H/t27-,31-;;;/m1.../s1. The van der Waals surface area contributed by atoms with Crippen LogP contribution in [0.3, 0.4) is 0 Å². The van der Waals surface area contributed by atoms with Crippen LogP contribution in [0.15, 0.2) is 42.5 Å². The Balaban J connectivity index is 0.00000337. The van der Waals surface area contributed by atoms with Crippen molar-refractivity contribution in [3.05, 3.63) is 59.2 Å². The molecule has 3 N–H and O–H groups in total. The SMILES string of the molecule is CCOc1cc(OC)ccc1CNCC(=O)N1CCC[C@@H](c2cccc(C(=O)N[C@@H](C(=O)NC)C3CCCCC3)c2)C1.[HH].[HH].[HH]. The van der Waals surface area contributed by atoms with Gasteiger partial charge in [0.15, 0.2) is 0 Å². The normalized spacial score (nSPS) is 18.2. The minimum absolute atomic E-state index is 0. The molecule has 0 aromatic heterocycles. The molecule has 1 saturated heterocycles. The van der Waals surface area contributed by atoms with E-state index in [1.165, 1.54) is 6.42 Å². The summed E-state index contributed by atoms with van der Waals surface area (Å²) in [6.45, 7) is 4.56. The van der Waals surface area contributed by atoms with Crippen LogP contribution in [0.25, 0.3) is 0 Å². The first kappa shape index (κ1) is 31.3. The van der Waals surface area contributed by atoms with Crippen LogP contribution in [0, 0.1) is 5.92 Å². The lowest BCUT2D eigenvalue weighted by molar-refractivity contribution is -0.131. The van der Waals surface area contributed by atoms with Gasteiger partial charge in [-0.1, -0.05) is 37.5 Å². The zero-order chi connectivity index (χ0) is 29.9. The lowest BCUT2D eigenvalue weighted by atomic mass is 9.83. The molecule has 1 aliphatic heterocycles. The van der Waals surface area contributed by atoms with Gasteiger partial charge < -0.3 is 30.3 Å². The van der Waals surface area contributed by atoms with E-state index < -0.39 is 6.04 Å². The molecule has 1 heterocycles. The van der Waals surface area contributed by atoms with E-state index in [0.717, 1.165) is 67.7 Å². The van der Waals surface area contributed by atoms with Crippen LogP contribution in [0.1, 0.15) is 83.6 Å². The number of carbonyl (C=O) groups excluding carboxylic acids is 3. The van der Waals surface area contributed by atoms with E-state index in [4.69, 9.17) is 9.47 Å². The Labute approximate surface area is 254 Å². The third-order valence-electron chi connectivity index (χ3n) is 8.50. The first-order valence-corrected chi connectivity index (χ1v) is 15.3. The third-order valence-corrected chi connectivity index (χ3v) is 8.50. The maximum Gasteiger partial charge on any atom is 0.251 e. The van der Waals surface area contributed by atoms with Gasteiger partial charge in [-0.15, -0.1) is 0 Å². The van der Waals surface area contributed by atoms with E-state index in [2.05, 4.69) is 16.0 Å². The fraction of sp³-hybridized carbons (Fsp3) is 0.545. The Morgan fingerprint density at radius 3 is 2.60 bits per heavy atom. The monoisotopic (exact) mass is 584 g/mol. The van der Waals surface area contributed by atoms with Gasteiger partial charge in [0.25, 0.3) is 5.91 Å². The van der Waals surface area contributed by atoms with E-state index in [9.17, 15) is 14.4 Å².